The van der Waals surface area contributed by atoms with Crippen molar-refractivity contribution in [3.05, 3.63) is 165 Å². The number of hydrogen-bond donors (Lipinski definition) is 0. The number of anilines is 3. The zero-order chi connectivity index (χ0) is 34.4. The second-order valence-corrected chi connectivity index (χ2v) is 13.6. The van der Waals surface area contributed by atoms with Gasteiger partial charge in [0.15, 0.2) is 0 Å². The summed E-state index contributed by atoms with van der Waals surface area (Å²) < 4.78 is 1.21. The average Bonchev–Trinajstić information content (AvgIpc) is 3.61. The molecule has 8 heteroatoms. The second kappa shape index (κ2) is 12.5. The molecule has 10 rings (SSSR count). The van der Waals surface area contributed by atoms with Crippen molar-refractivity contribution in [1.29, 1.82) is 0 Å². The van der Waals surface area contributed by atoms with E-state index in [4.69, 9.17) is 4.98 Å². The molecule has 0 atom stereocenters. The highest BCUT2D eigenvalue weighted by molar-refractivity contribution is 7.25. The van der Waals surface area contributed by atoms with E-state index in [-0.39, 0.29) is 0 Å². The number of nitrogens with zero attached hydrogens (tertiary/aromatic N) is 7. The van der Waals surface area contributed by atoms with Crippen molar-refractivity contribution in [2.45, 2.75) is 0 Å². The lowest BCUT2D eigenvalue weighted by Gasteiger charge is -2.26. The highest BCUT2D eigenvalue weighted by atomic mass is 32.1. The molecule has 0 N–H and O–H groups in total. The molecular weight excluding hydrogens is 659 g/mol. The van der Waals surface area contributed by atoms with Crippen LogP contribution in [0, 0.1) is 0 Å². The Morgan fingerprint density at radius 1 is 0.462 bits per heavy atom. The average molecular weight is 686 g/mol. The molecule has 244 valence electrons. The summed E-state index contributed by atoms with van der Waals surface area (Å²) in [6, 6.07) is 42.7. The molecule has 6 aromatic heterocycles. The number of hydrogen-bond acceptors (Lipinski definition) is 8. The largest absolute Gasteiger partial charge is 0.311 e. The van der Waals surface area contributed by atoms with Crippen molar-refractivity contribution < 1.29 is 0 Å². The fourth-order valence-corrected chi connectivity index (χ4v) is 7.90. The van der Waals surface area contributed by atoms with Gasteiger partial charge in [-0.15, -0.1) is 11.3 Å². The zero-order valence-corrected chi connectivity index (χ0v) is 28.4. The molecule has 0 aliphatic rings. The fourth-order valence-electron chi connectivity index (χ4n) is 6.85. The lowest BCUT2D eigenvalue weighted by molar-refractivity contribution is 1.23. The van der Waals surface area contributed by atoms with Crippen LogP contribution >= 0.6 is 11.3 Å². The summed E-state index contributed by atoms with van der Waals surface area (Å²) in [6.45, 7) is 0. The molecule has 0 amide bonds. The maximum absolute atomic E-state index is 4.77. The van der Waals surface area contributed by atoms with Crippen molar-refractivity contribution in [2.24, 2.45) is 0 Å². The molecule has 0 fully saturated rings. The van der Waals surface area contributed by atoms with Crippen LogP contribution in [-0.4, -0.2) is 29.9 Å². The van der Waals surface area contributed by atoms with Crippen LogP contribution in [0.2, 0.25) is 0 Å². The summed E-state index contributed by atoms with van der Waals surface area (Å²) in [5, 5.41) is 4.40. The van der Waals surface area contributed by atoms with Gasteiger partial charge in [0, 0.05) is 84.8 Å². The molecule has 6 heterocycles. The lowest BCUT2D eigenvalue weighted by atomic mass is 10.0. The van der Waals surface area contributed by atoms with Gasteiger partial charge in [0.25, 0.3) is 0 Å². The monoisotopic (exact) mass is 685 g/mol. The first-order valence-corrected chi connectivity index (χ1v) is 17.7. The minimum atomic E-state index is 0.882. The molecule has 0 spiro atoms. The van der Waals surface area contributed by atoms with Crippen molar-refractivity contribution in [3.8, 4) is 33.5 Å². The highest BCUT2D eigenvalue weighted by Gasteiger charge is 2.17. The summed E-state index contributed by atoms with van der Waals surface area (Å²) in [4.78, 5) is 30.3. The van der Waals surface area contributed by atoms with Gasteiger partial charge in [0.1, 0.15) is 11.2 Å². The summed E-state index contributed by atoms with van der Waals surface area (Å²) in [5.74, 6) is 0. The van der Waals surface area contributed by atoms with Crippen LogP contribution in [0.3, 0.4) is 0 Å². The van der Waals surface area contributed by atoms with Gasteiger partial charge in [0.05, 0.1) is 29.1 Å². The quantitative estimate of drug-likeness (QED) is 0.172. The fraction of sp³-hybridized carbons (Fsp3) is 0. The van der Waals surface area contributed by atoms with Crippen LogP contribution in [0.25, 0.3) is 75.6 Å². The summed E-state index contributed by atoms with van der Waals surface area (Å²) in [5.41, 5.74) is 11.2. The third kappa shape index (κ3) is 5.30. The number of benzene rings is 4. The van der Waals surface area contributed by atoms with E-state index in [1.54, 1.807) is 42.5 Å². The molecule has 0 bridgehead atoms. The standard InChI is InChI=1S/C44H27N7S/c1-2-4-41-38(3-1)42-43(49-27-50-44(42)52-41)30-9-15-37(16-10-30)51(35-11-5-28(6-12-35)33-21-31-17-19-45-25-39(31)47-23-33)36-13-7-29(8-14-36)34-22-32-18-20-46-26-40(32)48-24-34/h1-27H. The second-order valence-electron chi connectivity index (χ2n) is 12.6. The smallest absolute Gasteiger partial charge is 0.128 e. The Kier molecular flexibility index (Phi) is 7.18. The van der Waals surface area contributed by atoms with Gasteiger partial charge in [0.2, 0.25) is 0 Å². The maximum Gasteiger partial charge on any atom is 0.128 e. The van der Waals surface area contributed by atoms with Gasteiger partial charge in [-0.1, -0.05) is 54.6 Å². The molecule has 0 saturated heterocycles. The maximum atomic E-state index is 4.77. The van der Waals surface area contributed by atoms with E-state index >= 15 is 0 Å². The number of thiophene rings is 1. The third-order valence-electron chi connectivity index (χ3n) is 9.47. The predicted molar refractivity (Wildman–Crippen MR) is 212 cm³/mol. The minimum Gasteiger partial charge on any atom is -0.311 e. The van der Waals surface area contributed by atoms with E-state index in [0.29, 0.717) is 0 Å². The predicted octanol–water partition coefficient (Wildman–Crippen LogP) is 11.2. The Labute approximate surface area is 302 Å². The molecule has 0 aliphatic heterocycles. The van der Waals surface area contributed by atoms with Gasteiger partial charge >= 0.3 is 0 Å². The zero-order valence-electron chi connectivity index (χ0n) is 27.6. The van der Waals surface area contributed by atoms with E-state index in [1.807, 2.05) is 24.5 Å². The molecule has 4 aromatic carbocycles. The molecule has 52 heavy (non-hydrogen) atoms. The molecule has 0 radical (unpaired) electrons. The molecule has 0 aliphatic carbocycles. The first kappa shape index (κ1) is 30.0. The van der Waals surface area contributed by atoms with Crippen LogP contribution < -0.4 is 4.90 Å². The number of rotatable bonds is 6. The van der Waals surface area contributed by atoms with Gasteiger partial charge < -0.3 is 4.90 Å². The lowest BCUT2D eigenvalue weighted by Crippen LogP contribution is -2.09. The van der Waals surface area contributed by atoms with E-state index in [2.05, 4.69) is 139 Å². The molecule has 7 nitrogen and oxygen atoms in total. The van der Waals surface area contributed by atoms with Gasteiger partial charge in [-0.05, 0) is 77.9 Å². The molecule has 10 aromatic rings. The molecule has 0 unspecified atom stereocenters. The van der Waals surface area contributed by atoms with Crippen LogP contribution in [-0.2, 0) is 0 Å². The number of aromatic nitrogens is 6. The van der Waals surface area contributed by atoms with E-state index in [0.717, 1.165) is 82.6 Å². The first-order chi connectivity index (χ1) is 25.7. The van der Waals surface area contributed by atoms with Gasteiger partial charge in [-0.2, -0.15) is 0 Å². The summed E-state index contributed by atoms with van der Waals surface area (Å²) in [7, 11) is 0. The van der Waals surface area contributed by atoms with Gasteiger partial charge in [-0.3, -0.25) is 19.9 Å². The first-order valence-electron chi connectivity index (χ1n) is 16.9. The molecular formula is C44H27N7S. The minimum absolute atomic E-state index is 0.882. The van der Waals surface area contributed by atoms with Crippen molar-refractivity contribution >= 4 is 70.5 Å². The summed E-state index contributed by atoms with van der Waals surface area (Å²) >= 11 is 1.70. The van der Waals surface area contributed by atoms with E-state index in [1.165, 1.54) is 10.1 Å². The Hall–Kier alpha value is -6.90. The SMILES string of the molecule is c1ccc2c(c1)sc1ncnc(-c3ccc(N(c4ccc(-c5cnc6cnccc6c5)cc4)c4ccc(-c5cnc6cnccc6c5)cc4)cc3)c12. The van der Waals surface area contributed by atoms with Crippen LogP contribution in [0.15, 0.2) is 165 Å². The normalized spacial score (nSPS) is 11.5. The third-order valence-corrected chi connectivity index (χ3v) is 10.5. The van der Waals surface area contributed by atoms with Gasteiger partial charge in [-0.25, -0.2) is 9.97 Å². The Balaban J connectivity index is 1.04. The van der Waals surface area contributed by atoms with Crippen LogP contribution in [0.1, 0.15) is 0 Å². The van der Waals surface area contributed by atoms with Crippen LogP contribution in [0.4, 0.5) is 17.1 Å². The number of pyridine rings is 4. The highest BCUT2D eigenvalue weighted by Crippen LogP contribution is 2.40. The topological polar surface area (TPSA) is 80.6 Å². The Bertz CT molecular complexity index is 2780. The summed E-state index contributed by atoms with van der Waals surface area (Å²) in [6.07, 6.45) is 12.7. The Morgan fingerprint density at radius 3 is 1.58 bits per heavy atom. The van der Waals surface area contributed by atoms with Crippen molar-refractivity contribution in [3.63, 3.8) is 0 Å². The van der Waals surface area contributed by atoms with Crippen molar-refractivity contribution in [1.82, 2.24) is 29.9 Å². The van der Waals surface area contributed by atoms with Crippen molar-refractivity contribution in [2.75, 3.05) is 4.90 Å². The van der Waals surface area contributed by atoms with Crippen LogP contribution in [0.5, 0.6) is 0 Å². The van der Waals surface area contributed by atoms with E-state index < -0.39 is 0 Å². The Morgan fingerprint density at radius 2 is 1.00 bits per heavy atom. The van der Waals surface area contributed by atoms with E-state index in [9.17, 15) is 0 Å². The molecule has 0 saturated carbocycles. The number of fused-ring (bicyclic) bond motifs is 5.